The van der Waals surface area contributed by atoms with Gasteiger partial charge in [-0.25, -0.2) is 9.97 Å². The van der Waals surface area contributed by atoms with Gasteiger partial charge in [-0.1, -0.05) is 0 Å². The fourth-order valence-corrected chi connectivity index (χ4v) is 1.32. The van der Waals surface area contributed by atoms with E-state index in [1.807, 2.05) is 13.8 Å². The normalized spacial score (nSPS) is 10.1. The summed E-state index contributed by atoms with van der Waals surface area (Å²) in [6.45, 7) is 6.01. The second kappa shape index (κ2) is 5.44. The van der Waals surface area contributed by atoms with Crippen LogP contribution in [0.25, 0.3) is 0 Å². The van der Waals surface area contributed by atoms with Crippen molar-refractivity contribution in [3.63, 3.8) is 0 Å². The van der Waals surface area contributed by atoms with Crippen molar-refractivity contribution in [3.8, 4) is 0 Å². The molecule has 82 valence electrons. The summed E-state index contributed by atoms with van der Waals surface area (Å²) in [6.07, 6.45) is 2.81. The molecule has 0 unspecified atom stereocenters. The molecule has 1 aromatic heterocycles. The van der Waals surface area contributed by atoms with Crippen LogP contribution in [0.5, 0.6) is 0 Å². The van der Waals surface area contributed by atoms with Crippen LogP contribution in [0.4, 0.5) is 0 Å². The molecule has 0 saturated carbocycles. The molecule has 0 spiro atoms. The van der Waals surface area contributed by atoms with Crippen molar-refractivity contribution in [1.29, 1.82) is 0 Å². The van der Waals surface area contributed by atoms with E-state index in [0.717, 1.165) is 17.1 Å². The Balaban J connectivity index is 2.54. The molecule has 0 radical (unpaired) electrons. The first kappa shape index (κ1) is 11.6. The van der Waals surface area contributed by atoms with E-state index in [1.54, 1.807) is 13.1 Å². The highest BCUT2D eigenvalue weighted by molar-refractivity contribution is 5.69. The summed E-state index contributed by atoms with van der Waals surface area (Å²) in [7, 11) is 0. The van der Waals surface area contributed by atoms with Gasteiger partial charge in [0.1, 0.15) is 5.82 Å². The minimum atomic E-state index is -0.169. The summed E-state index contributed by atoms with van der Waals surface area (Å²) in [5, 5.41) is 0. The molecule has 0 aliphatic rings. The van der Waals surface area contributed by atoms with Gasteiger partial charge in [-0.2, -0.15) is 0 Å². The fraction of sp³-hybridized carbons (Fsp3) is 0.545. The number of rotatable bonds is 4. The second-order valence-electron chi connectivity index (χ2n) is 3.33. The molecular weight excluding hydrogens is 192 g/mol. The van der Waals surface area contributed by atoms with Crippen molar-refractivity contribution in [2.75, 3.05) is 6.61 Å². The Morgan fingerprint density at radius 1 is 1.47 bits per heavy atom. The lowest BCUT2D eigenvalue weighted by atomic mass is 10.1. The molecular formula is C11H16N2O2. The Kier molecular flexibility index (Phi) is 4.21. The fourth-order valence-electron chi connectivity index (χ4n) is 1.32. The predicted molar refractivity (Wildman–Crippen MR) is 56.5 cm³/mol. The van der Waals surface area contributed by atoms with Crippen LogP contribution < -0.4 is 0 Å². The zero-order valence-corrected chi connectivity index (χ0v) is 9.41. The Labute approximate surface area is 89.7 Å². The van der Waals surface area contributed by atoms with Crippen molar-refractivity contribution in [2.24, 2.45) is 0 Å². The van der Waals surface area contributed by atoms with Gasteiger partial charge in [-0.3, -0.25) is 4.79 Å². The van der Waals surface area contributed by atoms with E-state index in [2.05, 4.69) is 9.97 Å². The van der Waals surface area contributed by atoms with E-state index in [4.69, 9.17) is 4.74 Å². The Morgan fingerprint density at radius 2 is 2.20 bits per heavy atom. The van der Waals surface area contributed by atoms with Crippen molar-refractivity contribution in [1.82, 2.24) is 9.97 Å². The van der Waals surface area contributed by atoms with E-state index >= 15 is 0 Å². The number of aromatic nitrogens is 2. The highest BCUT2D eigenvalue weighted by Gasteiger charge is 2.05. The van der Waals surface area contributed by atoms with E-state index < -0.39 is 0 Å². The predicted octanol–water partition coefficient (Wildman–Crippen LogP) is 1.59. The van der Waals surface area contributed by atoms with Crippen LogP contribution in [0.3, 0.4) is 0 Å². The minimum absolute atomic E-state index is 0.169. The van der Waals surface area contributed by atoms with Gasteiger partial charge >= 0.3 is 5.97 Å². The lowest BCUT2D eigenvalue weighted by Crippen LogP contribution is -2.06. The molecule has 0 aliphatic heterocycles. The van der Waals surface area contributed by atoms with E-state index in [-0.39, 0.29) is 5.97 Å². The standard InChI is InChI=1S/C11H16N2O2/c1-4-15-11(14)6-5-10-7-12-9(3)13-8(10)2/h7H,4-6H2,1-3H3. The molecule has 0 bridgehead atoms. The summed E-state index contributed by atoms with van der Waals surface area (Å²) in [4.78, 5) is 19.5. The number of nitrogens with zero attached hydrogens (tertiary/aromatic N) is 2. The quantitative estimate of drug-likeness (QED) is 0.705. The average molecular weight is 208 g/mol. The largest absolute Gasteiger partial charge is 0.466 e. The minimum Gasteiger partial charge on any atom is -0.466 e. The summed E-state index contributed by atoms with van der Waals surface area (Å²) in [5.74, 6) is 0.588. The van der Waals surface area contributed by atoms with Crippen molar-refractivity contribution in [2.45, 2.75) is 33.6 Å². The van der Waals surface area contributed by atoms with E-state index in [1.165, 1.54) is 0 Å². The van der Waals surface area contributed by atoms with Gasteiger partial charge in [0.25, 0.3) is 0 Å². The van der Waals surface area contributed by atoms with Crippen LogP contribution in [-0.2, 0) is 16.0 Å². The first-order valence-corrected chi connectivity index (χ1v) is 5.08. The molecule has 0 atom stereocenters. The Hall–Kier alpha value is -1.45. The molecule has 15 heavy (non-hydrogen) atoms. The molecule has 1 heterocycles. The Bertz CT molecular complexity index is 350. The highest BCUT2D eigenvalue weighted by atomic mass is 16.5. The van der Waals surface area contributed by atoms with Crippen LogP contribution in [0.1, 0.15) is 30.4 Å². The zero-order chi connectivity index (χ0) is 11.3. The molecule has 0 amide bonds. The van der Waals surface area contributed by atoms with Crippen molar-refractivity contribution < 1.29 is 9.53 Å². The number of ether oxygens (including phenoxy) is 1. The van der Waals surface area contributed by atoms with Gasteiger partial charge in [0, 0.05) is 18.3 Å². The van der Waals surface area contributed by atoms with Crippen LogP contribution in [-0.4, -0.2) is 22.5 Å². The van der Waals surface area contributed by atoms with Crippen molar-refractivity contribution in [3.05, 3.63) is 23.3 Å². The third kappa shape index (κ3) is 3.65. The molecule has 1 aromatic rings. The van der Waals surface area contributed by atoms with Crippen LogP contribution in [0.15, 0.2) is 6.20 Å². The zero-order valence-electron chi connectivity index (χ0n) is 9.41. The summed E-state index contributed by atoms with van der Waals surface area (Å²) >= 11 is 0. The molecule has 4 heteroatoms. The molecule has 1 rings (SSSR count). The molecule has 0 aliphatic carbocycles. The third-order valence-electron chi connectivity index (χ3n) is 2.11. The molecule has 4 nitrogen and oxygen atoms in total. The SMILES string of the molecule is CCOC(=O)CCc1cnc(C)nc1C. The van der Waals surface area contributed by atoms with Gasteiger partial charge in [-0.05, 0) is 32.8 Å². The molecule has 0 saturated heterocycles. The summed E-state index contributed by atoms with van der Waals surface area (Å²) < 4.78 is 4.85. The first-order valence-electron chi connectivity index (χ1n) is 5.08. The first-order chi connectivity index (χ1) is 7.13. The van der Waals surface area contributed by atoms with E-state index in [0.29, 0.717) is 19.4 Å². The lowest BCUT2D eigenvalue weighted by Gasteiger charge is -2.04. The van der Waals surface area contributed by atoms with E-state index in [9.17, 15) is 4.79 Å². The van der Waals surface area contributed by atoms with Crippen molar-refractivity contribution >= 4 is 5.97 Å². The highest BCUT2D eigenvalue weighted by Crippen LogP contribution is 2.07. The maximum atomic E-state index is 11.1. The number of carbonyl (C=O) groups excluding carboxylic acids is 1. The van der Waals surface area contributed by atoms with Crippen LogP contribution >= 0.6 is 0 Å². The summed E-state index contributed by atoms with van der Waals surface area (Å²) in [5.41, 5.74) is 1.94. The summed E-state index contributed by atoms with van der Waals surface area (Å²) in [6, 6.07) is 0. The topological polar surface area (TPSA) is 52.1 Å². The second-order valence-corrected chi connectivity index (χ2v) is 3.33. The molecule has 0 N–H and O–H groups in total. The Morgan fingerprint density at radius 3 is 2.80 bits per heavy atom. The molecule has 0 fully saturated rings. The molecule has 0 aromatic carbocycles. The number of esters is 1. The monoisotopic (exact) mass is 208 g/mol. The smallest absolute Gasteiger partial charge is 0.306 e. The number of hydrogen-bond acceptors (Lipinski definition) is 4. The van der Waals surface area contributed by atoms with Gasteiger partial charge in [0.05, 0.1) is 6.61 Å². The maximum Gasteiger partial charge on any atom is 0.306 e. The number of hydrogen-bond donors (Lipinski definition) is 0. The number of carbonyl (C=O) groups is 1. The van der Waals surface area contributed by atoms with Gasteiger partial charge in [-0.15, -0.1) is 0 Å². The lowest BCUT2D eigenvalue weighted by molar-refractivity contribution is -0.143. The van der Waals surface area contributed by atoms with Crippen LogP contribution in [0, 0.1) is 13.8 Å². The average Bonchev–Trinajstić information content (AvgIpc) is 2.17. The number of aryl methyl sites for hydroxylation is 3. The van der Waals surface area contributed by atoms with Gasteiger partial charge < -0.3 is 4.74 Å². The third-order valence-corrected chi connectivity index (χ3v) is 2.11. The maximum absolute atomic E-state index is 11.1. The van der Waals surface area contributed by atoms with Gasteiger partial charge in [0.2, 0.25) is 0 Å². The van der Waals surface area contributed by atoms with Gasteiger partial charge in [0.15, 0.2) is 0 Å². The van der Waals surface area contributed by atoms with Crippen LogP contribution in [0.2, 0.25) is 0 Å².